The Morgan fingerprint density at radius 3 is 2.43 bits per heavy atom. The summed E-state index contributed by atoms with van der Waals surface area (Å²) in [6.45, 7) is 3.91. The number of hydrogen-bond acceptors (Lipinski definition) is 4. The Kier molecular flexibility index (Phi) is 5.85. The molecule has 2 aliphatic rings. The molecular formula is C16H26N2O5. The van der Waals surface area contributed by atoms with E-state index >= 15 is 0 Å². The standard InChI is InChI=1S/C16H26N2O5/c1-10(2)23-16(22)17-12(9-11-5-3-6-11)14(19)18-8-4-7-13(18)15(20)21/h10-13H,3-9H2,1-2H3,(H,17,22)(H,20,21)/t12-,13+/m1/s1. The van der Waals surface area contributed by atoms with Crippen molar-refractivity contribution < 1.29 is 24.2 Å². The predicted octanol–water partition coefficient (Wildman–Crippen LogP) is 1.76. The maximum atomic E-state index is 12.7. The molecule has 0 unspecified atom stereocenters. The van der Waals surface area contributed by atoms with E-state index in [4.69, 9.17) is 4.74 Å². The number of aliphatic carboxylic acids is 1. The van der Waals surface area contributed by atoms with Crippen LogP contribution in [0.15, 0.2) is 0 Å². The van der Waals surface area contributed by atoms with Gasteiger partial charge in [-0.25, -0.2) is 9.59 Å². The van der Waals surface area contributed by atoms with Gasteiger partial charge in [0.15, 0.2) is 0 Å². The van der Waals surface area contributed by atoms with Crippen LogP contribution in [0.1, 0.15) is 52.4 Å². The highest BCUT2D eigenvalue weighted by Gasteiger charge is 2.39. The molecule has 0 radical (unpaired) electrons. The smallest absolute Gasteiger partial charge is 0.408 e. The molecule has 0 bridgehead atoms. The van der Waals surface area contributed by atoms with Crippen molar-refractivity contribution in [3.8, 4) is 0 Å². The second kappa shape index (κ2) is 7.66. The van der Waals surface area contributed by atoms with E-state index in [1.54, 1.807) is 13.8 Å². The number of nitrogens with zero attached hydrogens (tertiary/aromatic N) is 1. The third-order valence-corrected chi connectivity index (χ3v) is 4.55. The Balaban J connectivity index is 2.03. The summed E-state index contributed by atoms with van der Waals surface area (Å²) in [7, 11) is 0. The van der Waals surface area contributed by atoms with Gasteiger partial charge in [0, 0.05) is 6.54 Å². The Morgan fingerprint density at radius 1 is 1.22 bits per heavy atom. The van der Waals surface area contributed by atoms with Crippen LogP contribution in [0.3, 0.4) is 0 Å². The van der Waals surface area contributed by atoms with E-state index in [1.165, 1.54) is 4.90 Å². The zero-order chi connectivity index (χ0) is 17.0. The average molecular weight is 326 g/mol. The summed E-state index contributed by atoms with van der Waals surface area (Å²) in [4.78, 5) is 37.3. The summed E-state index contributed by atoms with van der Waals surface area (Å²) < 4.78 is 5.06. The first-order valence-electron chi connectivity index (χ1n) is 8.39. The van der Waals surface area contributed by atoms with Crippen molar-refractivity contribution in [2.24, 2.45) is 5.92 Å². The molecule has 1 heterocycles. The molecule has 130 valence electrons. The topological polar surface area (TPSA) is 95.9 Å². The third-order valence-electron chi connectivity index (χ3n) is 4.55. The van der Waals surface area contributed by atoms with Gasteiger partial charge in [-0.2, -0.15) is 0 Å². The molecule has 0 aromatic carbocycles. The highest BCUT2D eigenvalue weighted by molar-refractivity contribution is 5.89. The van der Waals surface area contributed by atoms with Gasteiger partial charge in [-0.05, 0) is 39.0 Å². The molecule has 0 aromatic rings. The average Bonchev–Trinajstić information content (AvgIpc) is 2.89. The zero-order valence-electron chi connectivity index (χ0n) is 13.8. The summed E-state index contributed by atoms with van der Waals surface area (Å²) in [6, 6.07) is -1.49. The molecule has 7 nitrogen and oxygen atoms in total. The van der Waals surface area contributed by atoms with Crippen LogP contribution in [0.4, 0.5) is 4.79 Å². The van der Waals surface area contributed by atoms with Gasteiger partial charge >= 0.3 is 12.1 Å². The first-order valence-corrected chi connectivity index (χ1v) is 8.39. The second-order valence-electron chi connectivity index (χ2n) is 6.71. The lowest BCUT2D eigenvalue weighted by Gasteiger charge is -2.32. The van der Waals surface area contributed by atoms with E-state index in [2.05, 4.69) is 5.32 Å². The van der Waals surface area contributed by atoms with Crippen molar-refractivity contribution in [1.29, 1.82) is 0 Å². The zero-order valence-corrected chi connectivity index (χ0v) is 13.8. The van der Waals surface area contributed by atoms with Crippen LogP contribution in [0, 0.1) is 5.92 Å². The predicted molar refractivity (Wildman–Crippen MR) is 82.9 cm³/mol. The fourth-order valence-corrected chi connectivity index (χ4v) is 3.16. The molecule has 2 atom stereocenters. The first-order chi connectivity index (χ1) is 10.9. The van der Waals surface area contributed by atoms with Gasteiger partial charge < -0.3 is 20.1 Å². The summed E-state index contributed by atoms with van der Waals surface area (Å²) in [5.74, 6) is -0.875. The van der Waals surface area contributed by atoms with Crippen LogP contribution in [0.5, 0.6) is 0 Å². The van der Waals surface area contributed by atoms with Crippen LogP contribution in [0.2, 0.25) is 0 Å². The van der Waals surface area contributed by atoms with Crippen molar-refractivity contribution in [2.75, 3.05) is 6.54 Å². The fourth-order valence-electron chi connectivity index (χ4n) is 3.16. The minimum absolute atomic E-state index is 0.270. The Hall–Kier alpha value is -1.79. The molecule has 0 spiro atoms. The Bertz CT molecular complexity index is 461. The molecule has 2 fully saturated rings. The normalized spacial score (nSPS) is 22.6. The van der Waals surface area contributed by atoms with Gasteiger partial charge in [0.2, 0.25) is 5.91 Å². The number of carboxylic acids is 1. The summed E-state index contributed by atoms with van der Waals surface area (Å²) in [5.41, 5.74) is 0. The van der Waals surface area contributed by atoms with Gasteiger partial charge in [-0.3, -0.25) is 4.79 Å². The minimum Gasteiger partial charge on any atom is -0.480 e. The largest absolute Gasteiger partial charge is 0.480 e. The van der Waals surface area contributed by atoms with E-state index in [0.29, 0.717) is 31.7 Å². The van der Waals surface area contributed by atoms with Crippen molar-refractivity contribution in [2.45, 2.75) is 70.6 Å². The number of amides is 2. The molecule has 1 saturated heterocycles. The number of rotatable bonds is 6. The van der Waals surface area contributed by atoms with Crippen LogP contribution >= 0.6 is 0 Å². The molecule has 1 aliphatic carbocycles. The highest BCUT2D eigenvalue weighted by Crippen LogP contribution is 2.31. The molecule has 2 rings (SSSR count). The fraction of sp³-hybridized carbons (Fsp3) is 0.812. The quantitative estimate of drug-likeness (QED) is 0.775. The summed E-state index contributed by atoms with van der Waals surface area (Å²) in [5, 5.41) is 11.9. The highest BCUT2D eigenvalue weighted by atomic mass is 16.6. The van der Waals surface area contributed by atoms with Crippen LogP contribution in [-0.2, 0) is 14.3 Å². The van der Waals surface area contributed by atoms with Crippen LogP contribution in [-0.4, -0.2) is 52.7 Å². The summed E-state index contributed by atoms with van der Waals surface area (Å²) in [6.07, 6.45) is 4.04. The lowest BCUT2D eigenvalue weighted by molar-refractivity contribution is -0.149. The maximum Gasteiger partial charge on any atom is 0.408 e. The van der Waals surface area contributed by atoms with Crippen LogP contribution in [0.25, 0.3) is 0 Å². The van der Waals surface area contributed by atoms with Crippen LogP contribution < -0.4 is 5.32 Å². The molecule has 0 aromatic heterocycles. The number of nitrogens with one attached hydrogen (secondary N) is 1. The monoisotopic (exact) mass is 326 g/mol. The molecule has 23 heavy (non-hydrogen) atoms. The number of carbonyl (C=O) groups excluding carboxylic acids is 2. The Morgan fingerprint density at radius 2 is 1.91 bits per heavy atom. The third kappa shape index (κ3) is 4.59. The molecular weight excluding hydrogens is 300 g/mol. The van der Waals surface area contributed by atoms with Gasteiger partial charge in [0.25, 0.3) is 0 Å². The second-order valence-corrected chi connectivity index (χ2v) is 6.71. The number of hydrogen-bond donors (Lipinski definition) is 2. The van der Waals surface area contributed by atoms with Gasteiger partial charge in [0.05, 0.1) is 6.10 Å². The van der Waals surface area contributed by atoms with E-state index < -0.39 is 24.1 Å². The van der Waals surface area contributed by atoms with E-state index in [0.717, 1.165) is 19.3 Å². The molecule has 2 amide bonds. The van der Waals surface area contributed by atoms with E-state index in [-0.39, 0.29) is 12.0 Å². The number of ether oxygens (including phenoxy) is 1. The number of carbonyl (C=O) groups is 3. The molecule has 2 N–H and O–H groups in total. The SMILES string of the molecule is CC(C)OC(=O)N[C@H](CC1CCC1)C(=O)N1CCC[C@H]1C(=O)O. The van der Waals surface area contributed by atoms with Crippen molar-refractivity contribution >= 4 is 18.0 Å². The number of carboxylic acid groups (broad SMARTS) is 1. The Labute approximate surface area is 136 Å². The molecule has 7 heteroatoms. The molecule has 1 aliphatic heterocycles. The molecule has 1 saturated carbocycles. The van der Waals surface area contributed by atoms with Crippen molar-refractivity contribution in [3.63, 3.8) is 0 Å². The van der Waals surface area contributed by atoms with Gasteiger partial charge in [0.1, 0.15) is 12.1 Å². The van der Waals surface area contributed by atoms with E-state index in [9.17, 15) is 19.5 Å². The van der Waals surface area contributed by atoms with Crippen molar-refractivity contribution in [1.82, 2.24) is 10.2 Å². The number of likely N-dealkylation sites (tertiary alicyclic amines) is 1. The summed E-state index contributed by atoms with van der Waals surface area (Å²) >= 11 is 0. The van der Waals surface area contributed by atoms with E-state index in [1.807, 2.05) is 0 Å². The van der Waals surface area contributed by atoms with Crippen molar-refractivity contribution in [3.05, 3.63) is 0 Å². The minimum atomic E-state index is -0.983. The van der Waals surface area contributed by atoms with Gasteiger partial charge in [-0.15, -0.1) is 0 Å². The first kappa shape index (κ1) is 17.6. The lowest BCUT2D eigenvalue weighted by atomic mass is 9.80. The number of alkyl carbamates (subject to hydrolysis) is 1. The maximum absolute atomic E-state index is 12.7. The lowest BCUT2D eigenvalue weighted by Crippen LogP contribution is -2.52. The van der Waals surface area contributed by atoms with Gasteiger partial charge in [-0.1, -0.05) is 19.3 Å².